The number of hydrogen-bond acceptors (Lipinski definition) is 7. The highest BCUT2D eigenvalue weighted by Gasteiger charge is 2.66. The van der Waals surface area contributed by atoms with Gasteiger partial charge >= 0.3 is 0 Å². The Balaban J connectivity index is 1.37. The maximum Gasteiger partial charge on any atom is 0.264 e. The number of hydrogen-bond donors (Lipinski definition) is 2. The van der Waals surface area contributed by atoms with Gasteiger partial charge in [-0.1, -0.05) is 49.5 Å². The molecule has 0 saturated carbocycles. The van der Waals surface area contributed by atoms with Crippen LogP contribution in [0.4, 0.5) is 11.4 Å². The summed E-state index contributed by atoms with van der Waals surface area (Å²) in [6.45, 7) is 8.86. The van der Waals surface area contributed by atoms with Crippen LogP contribution < -0.4 is 29.8 Å². The molecule has 1 spiro atoms. The minimum Gasteiger partial charge on any atom is -0.497 e. The van der Waals surface area contributed by atoms with Gasteiger partial charge in [-0.3, -0.25) is 9.59 Å². The van der Waals surface area contributed by atoms with Gasteiger partial charge in [-0.2, -0.15) is 0 Å². The van der Waals surface area contributed by atoms with E-state index in [-0.39, 0.29) is 36.0 Å². The molecule has 0 bridgehead atoms. The minimum absolute atomic E-state index is 0.0259. The number of methoxy groups -OCH3 is 2. The molecule has 3 aliphatic heterocycles. The van der Waals surface area contributed by atoms with Crippen molar-refractivity contribution < 1.29 is 28.9 Å². The van der Waals surface area contributed by atoms with Crippen molar-refractivity contribution in [1.82, 2.24) is 5.32 Å². The summed E-state index contributed by atoms with van der Waals surface area (Å²) in [7, 11) is 1.02. The van der Waals surface area contributed by atoms with Crippen molar-refractivity contribution in [1.29, 1.82) is 0 Å². The number of benzene rings is 3. The first-order valence-electron chi connectivity index (χ1n) is 15.7. The van der Waals surface area contributed by atoms with E-state index in [1.807, 2.05) is 59.5 Å². The largest absolute Gasteiger partial charge is 0.497 e. The van der Waals surface area contributed by atoms with Gasteiger partial charge in [0.05, 0.1) is 47.2 Å². The first-order valence-corrected chi connectivity index (χ1v) is 18.8. The Morgan fingerprint density at radius 3 is 2.33 bits per heavy atom. The summed E-state index contributed by atoms with van der Waals surface area (Å²) in [4.78, 5) is 30.9. The molecular weight excluding hydrogens is 586 g/mol. The Labute approximate surface area is 266 Å². The van der Waals surface area contributed by atoms with Crippen molar-refractivity contribution in [3.63, 3.8) is 0 Å². The molecule has 45 heavy (non-hydrogen) atoms. The number of nitrogens with zero attached hydrogens (tertiary/aromatic N) is 2. The van der Waals surface area contributed by atoms with Crippen molar-refractivity contribution >= 4 is 36.4 Å². The van der Waals surface area contributed by atoms with E-state index >= 15 is 0 Å². The van der Waals surface area contributed by atoms with Crippen molar-refractivity contribution in [2.75, 3.05) is 50.3 Å². The second kappa shape index (κ2) is 12.2. The second-order valence-electron chi connectivity index (χ2n) is 12.8. The molecule has 10 heteroatoms. The van der Waals surface area contributed by atoms with Crippen molar-refractivity contribution in [3.05, 3.63) is 77.9 Å². The Hall–Kier alpha value is -3.70. The average Bonchev–Trinajstić information content (AvgIpc) is 3.48. The number of carbonyl (C=O) groups is 2. The molecule has 2 fully saturated rings. The Morgan fingerprint density at radius 2 is 1.69 bits per heavy atom. The molecule has 0 aromatic heterocycles. The van der Waals surface area contributed by atoms with Crippen LogP contribution in [0, 0.1) is 5.92 Å². The lowest BCUT2D eigenvalue weighted by atomic mass is 9.82. The monoisotopic (exact) mass is 629 g/mol. The SMILES string of the molecule is COc1ccc([Si](C)(C)[C@@H]2[C@@H](CCO)O[C@]3(C(=O)N(Cc4ccc(N5CCNCC5=O)cc4)c4ccc(OC)cc43)[C@H]2C)cc1. The van der Waals surface area contributed by atoms with Gasteiger partial charge in [0.2, 0.25) is 5.91 Å². The first kappa shape index (κ1) is 31.3. The van der Waals surface area contributed by atoms with Crippen molar-refractivity contribution in [2.24, 2.45) is 5.92 Å². The molecule has 238 valence electrons. The van der Waals surface area contributed by atoms with E-state index in [4.69, 9.17) is 14.2 Å². The zero-order chi connectivity index (χ0) is 31.9. The van der Waals surface area contributed by atoms with Crippen LogP contribution in [0.1, 0.15) is 24.5 Å². The van der Waals surface area contributed by atoms with Crippen molar-refractivity contribution in [3.8, 4) is 11.5 Å². The van der Waals surface area contributed by atoms with Gasteiger partial charge in [-0.05, 0) is 60.0 Å². The number of aliphatic hydroxyl groups is 1. The maximum absolute atomic E-state index is 14.8. The van der Waals surface area contributed by atoms with E-state index < -0.39 is 13.7 Å². The van der Waals surface area contributed by atoms with E-state index in [2.05, 4.69) is 37.5 Å². The predicted octanol–water partition coefficient (Wildman–Crippen LogP) is 3.79. The topological polar surface area (TPSA) is 101 Å². The van der Waals surface area contributed by atoms with Crippen LogP contribution in [0.3, 0.4) is 0 Å². The van der Waals surface area contributed by atoms with Gasteiger partial charge in [-0.25, -0.2) is 0 Å². The van der Waals surface area contributed by atoms with E-state index in [9.17, 15) is 14.7 Å². The third kappa shape index (κ3) is 5.23. The van der Waals surface area contributed by atoms with Gasteiger partial charge in [0.1, 0.15) is 11.5 Å². The minimum atomic E-state index is -2.27. The maximum atomic E-state index is 14.8. The zero-order valence-electron chi connectivity index (χ0n) is 26.7. The Kier molecular flexibility index (Phi) is 8.51. The summed E-state index contributed by atoms with van der Waals surface area (Å²) in [6, 6.07) is 21.9. The molecular formula is C35H43N3O6Si. The number of aliphatic hydroxyl groups excluding tert-OH is 1. The van der Waals surface area contributed by atoms with Crippen LogP contribution in [-0.2, 0) is 26.5 Å². The van der Waals surface area contributed by atoms with E-state index in [1.165, 1.54) is 5.19 Å². The number of anilines is 2. The number of rotatable bonds is 9. The fourth-order valence-electron chi connectivity index (χ4n) is 7.82. The number of fused-ring (bicyclic) bond motifs is 2. The molecule has 9 nitrogen and oxygen atoms in total. The summed E-state index contributed by atoms with van der Waals surface area (Å²) in [6.07, 6.45) is 0.148. The second-order valence-corrected chi connectivity index (χ2v) is 17.5. The molecule has 3 aliphatic rings. The van der Waals surface area contributed by atoms with E-state index in [0.29, 0.717) is 31.8 Å². The molecule has 2 amide bonds. The number of nitrogens with one attached hydrogen (secondary N) is 1. The molecule has 3 aromatic rings. The Morgan fingerprint density at radius 1 is 1.00 bits per heavy atom. The lowest BCUT2D eigenvalue weighted by Gasteiger charge is -2.37. The lowest BCUT2D eigenvalue weighted by Crippen LogP contribution is -2.51. The number of amides is 2. The van der Waals surface area contributed by atoms with Gasteiger partial charge in [0.25, 0.3) is 5.91 Å². The highest BCUT2D eigenvalue weighted by molar-refractivity contribution is 6.91. The standard InChI is InChI=1S/C35H43N3O6Si/c1-23-33(45(4,5)28-13-10-26(42-2)11-14-28)31(16-19-39)44-35(23)29-20-27(43-3)12-15-30(29)38(34(35)41)22-24-6-8-25(9-7-24)37-18-17-36-21-32(37)40/h6-15,20,23,31,33,36,39H,16-19,21-22H2,1-5H3/t23-,31+,33-,35+/m0/s1. The van der Waals surface area contributed by atoms with Crippen LogP contribution in [0.5, 0.6) is 11.5 Å². The molecule has 4 atom stereocenters. The summed E-state index contributed by atoms with van der Waals surface area (Å²) in [5, 5.41) is 14.5. The first-order chi connectivity index (χ1) is 21.6. The average molecular weight is 630 g/mol. The lowest BCUT2D eigenvalue weighted by molar-refractivity contribution is -0.146. The molecule has 2 N–H and O–H groups in total. The molecule has 3 heterocycles. The summed E-state index contributed by atoms with van der Waals surface area (Å²) in [5.74, 6) is 1.26. The summed E-state index contributed by atoms with van der Waals surface area (Å²) < 4.78 is 18.1. The van der Waals surface area contributed by atoms with Gasteiger partial charge < -0.3 is 34.4 Å². The molecule has 3 aromatic carbocycles. The zero-order valence-corrected chi connectivity index (χ0v) is 27.7. The molecule has 0 unspecified atom stereocenters. The van der Waals surface area contributed by atoms with Crippen LogP contribution in [0.25, 0.3) is 0 Å². The van der Waals surface area contributed by atoms with Crippen LogP contribution in [0.15, 0.2) is 66.7 Å². The van der Waals surface area contributed by atoms with Crippen LogP contribution >= 0.6 is 0 Å². The molecule has 6 rings (SSSR count). The van der Waals surface area contributed by atoms with Gasteiger partial charge in [-0.15, -0.1) is 0 Å². The smallest absolute Gasteiger partial charge is 0.264 e. The number of piperazine rings is 1. The summed E-state index contributed by atoms with van der Waals surface area (Å²) >= 11 is 0. The third-order valence-corrected chi connectivity index (χ3v) is 14.5. The molecule has 2 saturated heterocycles. The highest BCUT2D eigenvalue weighted by Crippen LogP contribution is 2.60. The fraction of sp³-hybridized carbons (Fsp3) is 0.429. The fourth-order valence-corrected chi connectivity index (χ4v) is 11.9. The van der Waals surface area contributed by atoms with E-state index in [0.717, 1.165) is 34.8 Å². The number of ether oxygens (including phenoxy) is 3. The van der Waals surface area contributed by atoms with Crippen LogP contribution in [0.2, 0.25) is 18.6 Å². The predicted molar refractivity (Wildman–Crippen MR) is 177 cm³/mol. The van der Waals surface area contributed by atoms with Crippen molar-refractivity contribution in [2.45, 2.75) is 50.2 Å². The summed E-state index contributed by atoms with van der Waals surface area (Å²) in [5.41, 5.74) is 2.27. The van der Waals surface area contributed by atoms with Crippen LogP contribution in [-0.4, -0.2) is 71.6 Å². The normalized spacial score (nSPS) is 24.8. The molecule has 0 aliphatic carbocycles. The third-order valence-electron chi connectivity index (χ3n) is 10.1. The van der Waals surface area contributed by atoms with Gasteiger partial charge in [0, 0.05) is 36.9 Å². The quantitative estimate of drug-likeness (QED) is 0.348. The number of carbonyl (C=O) groups excluding carboxylic acids is 2. The Bertz CT molecular complexity index is 1560. The molecule has 0 radical (unpaired) electrons. The van der Waals surface area contributed by atoms with E-state index in [1.54, 1.807) is 19.1 Å². The highest BCUT2D eigenvalue weighted by atomic mass is 28.3. The van der Waals surface area contributed by atoms with Gasteiger partial charge in [0.15, 0.2) is 5.60 Å².